The highest BCUT2D eigenvalue weighted by Crippen LogP contribution is 2.27. The van der Waals surface area contributed by atoms with Gasteiger partial charge in [-0.1, -0.05) is 29.8 Å². The largest absolute Gasteiger partial charge is 0.326 e. The molecule has 0 spiro atoms. The quantitative estimate of drug-likeness (QED) is 0.917. The van der Waals surface area contributed by atoms with Crippen molar-refractivity contribution in [3.05, 3.63) is 59.2 Å². The molecule has 0 saturated carbocycles. The van der Waals surface area contributed by atoms with Crippen molar-refractivity contribution >= 4 is 23.2 Å². The molecule has 1 N–H and O–H groups in total. The van der Waals surface area contributed by atoms with Crippen LogP contribution in [0.3, 0.4) is 0 Å². The lowest BCUT2D eigenvalue weighted by Crippen LogP contribution is -2.35. The molecule has 0 aromatic heterocycles. The molecule has 1 fully saturated rings. The third-order valence-corrected chi connectivity index (χ3v) is 4.54. The van der Waals surface area contributed by atoms with E-state index >= 15 is 0 Å². The minimum absolute atomic E-state index is 0.0354. The molecular formula is C21H24N2O2. The second kappa shape index (κ2) is 7.51. The Morgan fingerprint density at radius 2 is 1.96 bits per heavy atom. The van der Waals surface area contributed by atoms with Crippen LogP contribution in [0.5, 0.6) is 0 Å². The number of piperidine rings is 1. The Morgan fingerprint density at radius 3 is 2.68 bits per heavy atom. The minimum Gasteiger partial charge on any atom is -0.326 e. The predicted molar refractivity (Wildman–Crippen MR) is 101 cm³/mol. The molecule has 0 aliphatic carbocycles. The van der Waals surface area contributed by atoms with Gasteiger partial charge >= 0.3 is 0 Å². The Labute approximate surface area is 148 Å². The summed E-state index contributed by atoms with van der Waals surface area (Å²) < 4.78 is 0. The van der Waals surface area contributed by atoms with Gasteiger partial charge < -0.3 is 10.2 Å². The van der Waals surface area contributed by atoms with Crippen LogP contribution in [-0.4, -0.2) is 18.4 Å². The first kappa shape index (κ1) is 17.2. The van der Waals surface area contributed by atoms with E-state index in [1.54, 1.807) is 0 Å². The highest BCUT2D eigenvalue weighted by atomic mass is 16.2. The lowest BCUT2D eigenvalue weighted by Gasteiger charge is -2.28. The zero-order chi connectivity index (χ0) is 17.8. The molecule has 4 nitrogen and oxygen atoms in total. The number of rotatable bonds is 4. The fourth-order valence-corrected chi connectivity index (χ4v) is 3.31. The van der Waals surface area contributed by atoms with Crippen molar-refractivity contribution in [1.29, 1.82) is 0 Å². The van der Waals surface area contributed by atoms with Crippen LogP contribution in [0, 0.1) is 13.8 Å². The topological polar surface area (TPSA) is 49.4 Å². The van der Waals surface area contributed by atoms with Crippen LogP contribution in [0.1, 0.15) is 36.0 Å². The van der Waals surface area contributed by atoms with E-state index in [2.05, 4.69) is 5.32 Å². The van der Waals surface area contributed by atoms with Gasteiger partial charge in [0.25, 0.3) is 0 Å². The molecule has 1 aliphatic rings. The summed E-state index contributed by atoms with van der Waals surface area (Å²) in [4.78, 5) is 26.2. The van der Waals surface area contributed by atoms with Crippen molar-refractivity contribution in [1.82, 2.24) is 0 Å². The maximum Gasteiger partial charge on any atom is 0.228 e. The smallest absolute Gasteiger partial charge is 0.228 e. The van der Waals surface area contributed by atoms with E-state index in [4.69, 9.17) is 0 Å². The molecule has 0 unspecified atom stereocenters. The maximum atomic E-state index is 12.3. The lowest BCUT2D eigenvalue weighted by atomic mass is 10.1. The summed E-state index contributed by atoms with van der Waals surface area (Å²) in [6.07, 6.45) is 2.99. The van der Waals surface area contributed by atoms with Crippen LogP contribution < -0.4 is 10.2 Å². The van der Waals surface area contributed by atoms with Gasteiger partial charge in [0, 0.05) is 24.3 Å². The summed E-state index contributed by atoms with van der Waals surface area (Å²) in [5.41, 5.74) is 4.87. The van der Waals surface area contributed by atoms with Crippen molar-refractivity contribution in [2.75, 3.05) is 16.8 Å². The van der Waals surface area contributed by atoms with Crippen LogP contribution in [0.25, 0.3) is 0 Å². The summed E-state index contributed by atoms with van der Waals surface area (Å²) in [6.45, 7) is 4.78. The SMILES string of the molecule is Cc1cccc(CC(=O)Nc2ccc(N3CCCCC3=O)c(C)c2)c1. The Balaban J connectivity index is 1.68. The number of hydrogen-bond donors (Lipinski definition) is 1. The summed E-state index contributed by atoms with van der Waals surface area (Å²) in [7, 11) is 0. The Morgan fingerprint density at radius 1 is 1.12 bits per heavy atom. The lowest BCUT2D eigenvalue weighted by molar-refractivity contribution is -0.119. The Hall–Kier alpha value is -2.62. The maximum absolute atomic E-state index is 12.3. The van der Waals surface area contributed by atoms with Crippen molar-refractivity contribution in [3.63, 3.8) is 0 Å². The van der Waals surface area contributed by atoms with Gasteiger partial charge in [0.2, 0.25) is 11.8 Å². The number of benzene rings is 2. The Kier molecular flexibility index (Phi) is 5.17. The van der Waals surface area contributed by atoms with Gasteiger partial charge in [-0.15, -0.1) is 0 Å². The van der Waals surface area contributed by atoms with Crippen molar-refractivity contribution in [2.45, 2.75) is 39.5 Å². The normalized spacial score (nSPS) is 14.5. The molecule has 2 amide bonds. The van der Waals surface area contributed by atoms with Gasteiger partial charge in [-0.2, -0.15) is 0 Å². The number of aryl methyl sites for hydroxylation is 2. The number of anilines is 2. The molecule has 0 radical (unpaired) electrons. The van der Waals surface area contributed by atoms with Gasteiger partial charge in [-0.25, -0.2) is 0 Å². The summed E-state index contributed by atoms with van der Waals surface area (Å²) in [6, 6.07) is 13.7. The molecule has 4 heteroatoms. The third-order valence-electron chi connectivity index (χ3n) is 4.54. The molecule has 1 saturated heterocycles. The standard InChI is InChI=1S/C21H24N2O2/c1-15-6-5-7-17(12-15)14-20(24)22-18-9-10-19(16(2)13-18)23-11-4-3-8-21(23)25/h5-7,9-10,12-13H,3-4,8,11,14H2,1-2H3,(H,22,24). The number of carbonyl (C=O) groups excluding carboxylic acids is 2. The summed E-state index contributed by atoms with van der Waals surface area (Å²) in [5, 5.41) is 2.95. The molecule has 3 rings (SSSR count). The second-order valence-corrected chi connectivity index (χ2v) is 6.72. The molecular weight excluding hydrogens is 312 g/mol. The van der Waals surface area contributed by atoms with Crippen LogP contribution in [0.15, 0.2) is 42.5 Å². The molecule has 1 heterocycles. The van der Waals surface area contributed by atoms with Crippen molar-refractivity contribution in [3.8, 4) is 0 Å². The number of carbonyl (C=O) groups is 2. The number of nitrogens with one attached hydrogen (secondary N) is 1. The van der Waals surface area contributed by atoms with Gasteiger partial charge in [-0.05, 0) is 56.0 Å². The van der Waals surface area contributed by atoms with E-state index in [0.29, 0.717) is 12.8 Å². The molecule has 25 heavy (non-hydrogen) atoms. The molecule has 0 bridgehead atoms. The van der Waals surface area contributed by atoms with Crippen LogP contribution in [0.4, 0.5) is 11.4 Å². The zero-order valence-corrected chi connectivity index (χ0v) is 14.8. The van der Waals surface area contributed by atoms with Gasteiger partial charge in [0.1, 0.15) is 0 Å². The predicted octanol–water partition coefficient (Wildman–Crippen LogP) is 4.00. The average Bonchev–Trinajstić information content (AvgIpc) is 2.56. The molecule has 2 aromatic rings. The second-order valence-electron chi connectivity index (χ2n) is 6.72. The first-order chi connectivity index (χ1) is 12.0. The Bertz CT molecular complexity index is 798. The first-order valence-corrected chi connectivity index (χ1v) is 8.79. The molecule has 130 valence electrons. The zero-order valence-electron chi connectivity index (χ0n) is 14.8. The van der Waals surface area contributed by atoms with Crippen molar-refractivity contribution in [2.24, 2.45) is 0 Å². The minimum atomic E-state index is -0.0354. The number of amides is 2. The number of hydrogen-bond acceptors (Lipinski definition) is 2. The van der Waals surface area contributed by atoms with E-state index in [-0.39, 0.29) is 11.8 Å². The van der Waals surface area contributed by atoms with Crippen LogP contribution in [0.2, 0.25) is 0 Å². The van der Waals surface area contributed by atoms with Crippen LogP contribution >= 0.6 is 0 Å². The highest BCUT2D eigenvalue weighted by molar-refractivity contribution is 5.96. The van der Waals surface area contributed by atoms with E-state index < -0.39 is 0 Å². The van der Waals surface area contributed by atoms with Gasteiger partial charge in [0.15, 0.2) is 0 Å². The van der Waals surface area contributed by atoms with E-state index in [0.717, 1.165) is 47.5 Å². The fraction of sp³-hybridized carbons (Fsp3) is 0.333. The monoisotopic (exact) mass is 336 g/mol. The summed E-state index contributed by atoms with van der Waals surface area (Å²) >= 11 is 0. The van der Waals surface area contributed by atoms with E-state index in [1.807, 2.05) is 61.2 Å². The van der Waals surface area contributed by atoms with Gasteiger partial charge in [-0.3, -0.25) is 9.59 Å². The van der Waals surface area contributed by atoms with Crippen LogP contribution in [-0.2, 0) is 16.0 Å². The van der Waals surface area contributed by atoms with Crippen molar-refractivity contribution < 1.29 is 9.59 Å². The molecule has 1 aliphatic heterocycles. The molecule has 2 aromatic carbocycles. The molecule has 0 atom stereocenters. The highest BCUT2D eigenvalue weighted by Gasteiger charge is 2.21. The average molecular weight is 336 g/mol. The fourth-order valence-electron chi connectivity index (χ4n) is 3.31. The summed E-state index contributed by atoms with van der Waals surface area (Å²) in [5.74, 6) is 0.150. The van der Waals surface area contributed by atoms with Gasteiger partial charge in [0.05, 0.1) is 6.42 Å². The van der Waals surface area contributed by atoms with E-state index in [1.165, 1.54) is 0 Å². The number of nitrogens with zero attached hydrogens (tertiary/aromatic N) is 1. The van der Waals surface area contributed by atoms with E-state index in [9.17, 15) is 9.59 Å². The first-order valence-electron chi connectivity index (χ1n) is 8.79. The third kappa shape index (κ3) is 4.27.